The van der Waals surface area contributed by atoms with Crippen LogP contribution >= 0.6 is 15.9 Å². The van der Waals surface area contributed by atoms with E-state index in [1.807, 2.05) is 0 Å². The molecule has 4 nitrogen and oxygen atoms in total. The molecule has 0 bridgehead atoms. The van der Waals surface area contributed by atoms with Gasteiger partial charge >= 0.3 is 7.12 Å². The van der Waals surface area contributed by atoms with Gasteiger partial charge in [0.2, 0.25) is 0 Å². The summed E-state index contributed by atoms with van der Waals surface area (Å²) in [6.45, 7) is 8.37. The van der Waals surface area contributed by atoms with Crippen LogP contribution in [0, 0.1) is 0 Å². The molecule has 2 aromatic heterocycles. The Morgan fingerprint density at radius 2 is 0.533 bits per heavy atom. The van der Waals surface area contributed by atoms with Crippen molar-refractivity contribution in [2.75, 3.05) is 0 Å². The number of halogens is 1. The van der Waals surface area contributed by atoms with Crippen LogP contribution in [0.15, 0.2) is 426 Å². The summed E-state index contributed by atoms with van der Waals surface area (Å²) in [7, 11) is -0.464. The molecule has 0 radical (unpaired) electrons. The molecule has 0 N–H and O–H groups in total. The molecule has 20 aromatic carbocycles. The summed E-state index contributed by atoms with van der Waals surface area (Å²) in [5, 5.41) is 20.1. The van der Waals surface area contributed by atoms with Gasteiger partial charge in [0, 0.05) is 26.0 Å². The highest BCUT2D eigenvalue weighted by atomic mass is 79.9. The van der Waals surface area contributed by atoms with Crippen LogP contribution in [0.2, 0.25) is 0 Å². The third-order valence-corrected chi connectivity index (χ3v) is 27.3. The van der Waals surface area contributed by atoms with E-state index in [0.717, 1.165) is 43.4 Å². The number of fused-ring (bicyclic) bond motifs is 6. The zero-order chi connectivity index (χ0) is 81.6. The molecule has 0 amide bonds. The van der Waals surface area contributed by atoms with Gasteiger partial charge in [-0.25, -0.2) is 0 Å². The second-order valence-corrected chi connectivity index (χ2v) is 34.7. The van der Waals surface area contributed by atoms with Crippen LogP contribution in [0.4, 0.5) is 0 Å². The Morgan fingerprint density at radius 1 is 0.230 bits per heavy atom. The van der Waals surface area contributed by atoms with E-state index in [1.165, 1.54) is 175 Å². The minimum Gasteiger partial charge on any atom is -0.456 e. The number of hydrogen-bond acceptors (Lipinski definition) is 4. The fourth-order valence-electron chi connectivity index (χ4n) is 20.8. The lowest BCUT2D eigenvalue weighted by Crippen LogP contribution is -2.41. The quantitative estimate of drug-likeness (QED) is 0.101. The minimum atomic E-state index is -0.471. The number of rotatable bonds is 10. The molecule has 2 aliphatic carbocycles. The first-order chi connectivity index (χ1) is 59.9. The summed E-state index contributed by atoms with van der Waals surface area (Å²) in [4.78, 5) is 0. The Bertz CT molecular complexity index is 7730. The summed E-state index contributed by atoms with van der Waals surface area (Å²) in [5.41, 5.74) is 25.3. The Hall–Kier alpha value is -14.0. The predicted octanol–water partition coefficient (Wildman–Crippen LogP) is 30.6. The lowest BCUT2D eigenvalue weighted by atomic mass is 9.66. The Balaban J connectivity index is 0.000000113. The van der Waals surface area contributed by atoms with Crippen molar-refractivity contribution in [2.24, 2.45) is 0 Å². The van der Waals surface area contributed by atoms with Crippen LogP contribution in [0.3, 0.4) is 0 Å². The molecule has 3 heterocycles. The van der Waals surface area contributed by atoms with Gasteiger partial charge in [-0.05, 0) is 240 Å². The van der Waals surface area contributed by atoms with E-state index in [-0.39, 0.29) is 0 Å². The van der Waals surface area contributed by atoms with Gasteiger partial charge in [0.25, 0.3) is 0 Å². The van der Waals surface area contributed by atoms with Crippen LogP contribution in [0.1, 0.15) is 72.2 Å². The Labute approximate surface area is 716 Å². The fourth-order valence-corrected chi connectivity index (χ4v) is 21.1. The van der Waals surface area contributed by atoms with Gasteiger partial charge in [-0.2, -0.15) is 0 Å². The lowest BCUT2D eigenvalue weighted by molar-refractivity contribution is 0.00578. The standard InChI is InChI=1S/C55H34O.C31H27BO3.C30H19Br/c1-3-17-39(18-4-1)55(40-19-5-2-6-20-40)47-27-14-28-49-53(47)54-48(55)33-38(34-50(54)56-49)35-29-31-37(32-30-35)51-43-22-9-11-24-45(43)52(46-25-12-10-23-44(46)51)42-26-13-16-36-15-7-8-21-41(36)42;1-29(2)30(3,4)35-32(34-29)22-18-24-28-26(19-22)33-25-17-11-16-23(27(25)28)31(24,20-12-7-5-8-13-20)21-14-9-6-10-15-21;31-22-18-16-21(17-19-22)29-25-11-3-5-13-27(25)30(28-14-6-4-12-26(28)29)24-15-7-9-20-8-1-2-10-23(20)24/h1-34H;5-19H,1-4H3;1-19H. The summed E-state index contributed by atoms with van der Waals surface area (Å²) < 4.78 is 27.1. The average Bonchev–Trinajstić information content (AvgIpc) is 1.52. The second kappa shape index (κ2) is 28.6. The molecule has 3 aliphatic rings. The molecule has 0 saturated carbocycles. The smallest absolute Gasteiger partial charge is 0.456 e. The zero-order valence-electron chi connectivity index (χ0n) is 67.8. The van der Waals surface area contributed by atoms with Crippen LogP contribution in [0.5, 0.6) is 0 Å². The van der Waals surface area contributed by atoms with Crippen molar-refractivity contribution in [3.63, 3.8) is 0 Å². The van der Waals surface area contributed by atoms with Crippen molar-refractivity contribution < 1.29 is 18.1 Å². The maximum absolute atomic E-state index is 6.67. The fraction of sp³-hybridized carbons (Fsp3) is 0.0690. The second-order valence-electron chi connectivity index (χ2n) is 33.8. The van der Waals surface area contributed by atoms with Crippen LogP contribution in [-0.2, 0) is 20.1 Å². The normalized spacial score (nSPS) is 14.5. The van der Waals surface area contributed by atoms with Crippen molar-refractivity contribution >= 4 is 137 Å². The Kier molecular flexibility index (Phi) is 17.2. The topological polar surface area (TPSA) is 44.7 Å². The SMILES string of the molecule is Brc1ccc(-c2c3ccccc3c(-c3cccc4ccccc34)c3ccccc23)cc1.CC1(C)OB(c2cc3c4c(c2)oc2cccc(c24)C3(c2ccccc2)c2ccccc2)OC1(C)C.c1ccc(C2(c3ccccc3)c3cccc4oc5cc(-c6ccc(-c7c8ccccc8c(-c8cccc9ccccc89)c8ccccc78)cc6)cc2c5c34)cc1. The molecule has 578 valence electrons. The summed E-state index contributed by atoms with van der Waals surface area (Å²) in [6.07, 6.45) is 0. The first kappa shape index (κ1) is 73.2. The highest BCUT2D eigenvalue weighted by Crippen LogP contribution is 2.60. The molecule has 122 heavy (non-hydrogen) atoms. The third kappa shape index (κ3) is 11.2. The molecule has 1 fully saturated rings. The maximum Gasteiger partial charge on any atom is 0.494 e. The zero-order valence-corrected chi connectivity index (χ0v) is 69.4. The molecule has 0 atom stereocenters. The van der Waals surface area contributed by atoms with Crippen LogP contribution in [0.25, 0.3) is 164 Å². The monoisotopic (exact) mass is 1630 g/mol. The van der Waals surface area contributed by atoms with E-state index in [2.05, 4.69) is 456 Å². The average molecular weight is 1630 g/mol. The molecule has 1 saturated heterocycles. The van der Waals surface area contributed by atoms with Gasteiger partial charge in [-0.1, -0.05) is 386 Å². The van der Waals surface area contributed by atoms with Crippen molar-refractivity contribution in [2.45, 2.75) is 49.7 Å². The highest BCUT2D eigenvalue weighted by Gasteiger charge is 2.54. The molecule has 22 aromatic rings. The summed E-state index contributed by atoms with van der Waals surface area (Å²) >= 11 is 3.58. The van der Waals surface area contributed by atoms with E-state index in [0.29, 0.717) is 0 Å². The van der Waals surface area contributed by atoms with E-state index in [9.17, 15) is 0 Å². The highest BCUT2D eigenvalue weighted by molar-refractivity contribution is 9.10. The molecule has 0 unspecified atom stereocenters. The molecule has 6 heteroatoms. The molecule has 1 aliphatic heterocycles. The molecule has 25 rings (SSSR count). The van der Waals surface area contributed by atoms with Crippen molar-refractivity contribution in [3.8, 4) is 55.6 Å². The van der Waals surface area contributed by atoms with Crippen molar-refractivity contribution in [3.05, 3.63) is 461 Å². The number of benzene rings is 20. The first-order valence-corrected chi connectivity index (χ1v) is 43.0. The van der Waals surface area contributed by atoms with Gasteiger partial charge < -0.3 is 18.1 Å². The van der Waals surface area contributed by atoms with Gasteiger partial charge in [0.15, 0.2) is 0 Å². The van der Waals surface area contributed by atoms with Gasteiger partial charge in [-0.15, -0.1) is 0 Å². The molecule has 0 spiro atoms. The third-order valence-electron chi connectivity index (χ3n) is 26.8. The van der Waals surface area contributed by atoms with Gasteiger partial charge in [-0.3, -0.25) is 0 Å². The van der Waals surface area contributed by atoms with Gasteiger partial charge in [0.05, 0.1) is 22.0 Å². The van der Waals surface area contributed by atoms with Crippen molar-refractivity contribution in [1.82, 2.24) is 0 Å². The largest absolute Gasteiger partial charge is 0.494 e. The minimum absolute atomic E-state index is 0.415. The van der Waals surface area contributed by atoms with E-state index >= 15 is 0 Å². The van der Waals surface area contributed by atoms with Crippen molar-refractivity contribution in [1.29, 1.82) is 0 Å². The Morgan fingerprint density at radius 3 is 0.926 bits per heavy atom. The lowest BCUT2D eigenvalue weighted by Gasteiger charge is -2.34. The summed E-state index contributed by atoms with van der Waals surface area (Å²) in [5.74, 6) is 0. The first-order valence-electron chi connectivity index (χ1n) is 42.2. The van der Waals surface area contributed by atoms with E-state index < -0.39 is 29.2 Å². The molecular weight excluding hydrogens is 1550 g/mol. The van der Waals surface area contributed by atoms with Gasteiger partial charge in [0.1, 0.15) is 22.3 Å². The maximum atomic E-state index is 6.67. The summed E-state index contributed by atoms with van der Waals surface area (Å²) in [6, 6.07) is 150. The van der Waals surface area contributed by atoms with E-state index in [4.69, 9.17) is 18.1 Å². The van der Waals surface area contributed by atoms with Crippen LogP contribution < -0.4 is 5.46 Å². The van der Waals surface area contributed by atoms with Crippen LogP contribution in [-0.4, -0.2) is 18.3 Å². The van der Waals surface area contributed by atoms with E-state index in [1.54, 1.807) is 0 Å². The predicted molar refractivity (Wildman–Crippen MR) is 513 cm³/mol. The number of hydrogen-bond donors (Lipinski definition) is 0. The molecular formula is C116H80BBrO4. The number of furan rings is 2.